The summed E-state index contributed by atoms with van der Waals surface area (Å²) < 4.78 is 6.84. The molecule has 0 bridgehead atoms. The Morgan fingerprint density at radius 3 is 2.37 bits per heavy atom. The average Bonchev–Trinajstić information content (AvgIpc) is 3.04. The number of hydrogen-bond acceptors (Lipinski definition) is 6. The van der Waals surface area contributed by atoms with Crippen LogP contribution in [0.3, 0.4) is 0 Å². The monoisotopic (exact) mass is 419 g/mol. The van der Waals surface area contributed by atoms with Crippen LogP contribution < -0.4 is 5.32 Å². The number of likely N-dealkylation sites (N-methyl/N-ethyl adjacent to an activating group) is 1. The Morgan fingerprint density at radius 2 is 1.80 bits per heavy atom. The zero-order valence-corrected chi connectivity index (χ0v) is 18.2. The van der Waals surface area contributed by atoms with Crippen LogP contribution in [0.15, 0.2) is 0 Å². The molecule has 3 rings (SSSR count). The Bertz CT molecular complexity index is 886. The van der Waals surface area contributed by atoms with Crippen LogP contribution in [-0.4, -0.2) is 68.6 Å². The Kier molecular flexibility index (Phi) is 5.87. The number of amides is 4. The molecule has 0 radical (unpaired) electrons. The summed E-state index contributed by atoms with van der Waals surface area (Å²) in [4.78, 5) is 52.8. The van der Waals surface area contributed by atoms with E-state index in [0.717, 1.165) is 29.9 Å². The Hall–Kier alpha value is -2.91. The number of imide groups is 1. The molecule has 30 heavy (non-hydrogen) atoms. The van der Waals surface area contributed by atoms with Crippen molar-refractivity contribution in [1.29, 1.82) is 0 Å². The molecule has 1 aliphatic carbocycles. The van der Waals surface area contributed by atoms with Gasteiger partial charge in [-0.3, -0.25) is 24.0 Å². The predicted octanol–water partition coefficient (Wildman–Crippen LogP) is 1.50. The van der Waals surface area contributed by atoms with Gasteiger partial charge in [0.1, 0.15) is 12.1 Å². The van der Waals surface area contributed by atoms with E-state index < -0.39 is 36.1 Å². The molecule has 1 aromatic heterocycles. The van der Waals surface area contributed by atoms with Crippen LogP contribution in [0.5, 0.6) is 0 Å². The van der Waals surface area contributed by atoms with Crippen molar-refractivity contribution < 1.29 is 23.9 Å². The molecule has 2 aliphatic rings. The second-order valence-corrected chi connectivity index (χ2v) is 8.12. The smallest absolute Gasteiger partial charge is 0.327 e. The first-order valence-electron chi connectivity index (χ1n) is 10.2. The minimum absolute atomic E-state index is 0.356. The highest BCUT2D eigenvalue weighted by molar-refractivity contribution is 6.08. The highest BCUT2D eigenvalue weighted by Gasteiger charge is 2.56. The third-order valence-electron chi connectivity index (χ3n) is 6.21. The minimum atomic E-state index is -1.09. The van der Waals surface area contributed by atoms with Crippen molar-refractivity contribution in [3.05, 3.63) is 11.4 Å². The topological polar surface area (TPSA) is 114 Å². The van der Waals surface area contributed by atoms with Gasteiger partial charge in [0.05, 0.1) is 17.1 Å². The molecule has 10 heteroatoms. The number of nitrogens with zero attached hydrogens (tertiary/aromatic N) is 4. The molecule has 1 N–H and O–H groups in total. The van der Waals surface area contributed by atoms with Crippen molar-refractivity contribution in [1.82, 2.24) is 19.6 Å². The molecule has 2 fully saturated rings. The van der Waals surface area contributed by atoms with Crippen LogP contribution in [0.4, 0.5) is 10.5 Å². The number of carbonyl (C=O) groups is 4. The van der Waals surface area contributed by atoms with Gasteiger partial charge >= 0.3 is 12.0 Å². The van der Waals surface area contributed by atoms with Gasteiger partial charge in [-0.25, -0.2) is 4.79 Å². The first-order chi connectivity index (χ1) is 14.1. The van der Waals surface area contributed by atoms with Crippen molar-refractivity contribution in [3.8, 4) is 0 Å². The van der Waals surface area contributed by atoms with E-state index in [9.17, 15) is 19.2 Å². The summed E-state index contributed by atoms with van der Waals surface area (Å²) in [6.07, 6.45) is 2.87. The lowest BCUT2D eigenvalue weighted by molar-refractivity contribution is -0.155. The zero-order chi connectivity index (χ0) is 22.2. The van der Waals surface area contributed by atoms with Gasteiger partial charge < -0.3 is 15.0 Å². The van der Waals surface area contributed by atoms with Gasteiger partial charge in [0.25, 0.3) is 11.8 Å². The van der Waals surface area contributed by atoms with Crippen molar-refractivity contribution >= 4 is 29.5 Å². The van der Waals surface area contributed by atoms with E-state index in [-0.39, 0.29) is 5.91 Å². The number of aromatic nitrogens is 2. The second kappa shape index (κ2) is 8.08. The molecule has 1 atom stereocenters. The van der Waals surface area contributed by atoms with E-state index in [4.69, 9.17) is 4.74 Å². The summed E-state index contributed by atoms with van der Waals surface area (Å²) in [6.45, 7) is 4.51. The fourth-order valence-corrected chi connectivity index (χ4v) is 4.27. The molecule has 2 heterocycles. The van der Waals surface area contributed by atoms with Crippen molar-refractivity contribution in [2.24, 2.45) is 7.05 Å². The van der Waals surface area contributed by atoms with Gasteiger partial charge in [-0.15, -0.1) is 0 Å². The van der Waals surface area contributed by atoms with Gasteiger partial charge in [-0.05, 0) is 33.6 Å². The van der Waals surface area contributed by atoms with Crippen LogP contribution >= 0.6 is 0 Å². The number of rotatable bonds is 5. The quantitative estimate of drug-likeness (QED) is 0.572. The number of anilines is 1. The standard InChI is InChI=1S/C20H29N5O5/c1-12-16(13(2)24(5)22-12)21-17(27)14(3)30-15(26)11-25-18(28)20(23(4)19(25)29)9-7-6-8-10-20/h14H,6-11H2,1-5H3,(H,21,27). The number of aryl methyl sites for hydroxylation is 2. The SMILES string of the molecule is Cc1nn(C)c(C)c1NC(=O)C(C)OC(=O)CN1C(=O)N(C)C2(CCCCC2)C1=O. The first-order valence-corrected chi connectivity index (χ1v) is 10.2. The lowest BCUT2D eigenvalue weighted by Gasteiger charge is -2.35. The summed E-state index contributed by atoms with van der Waals surface area (Å²) >= 11 is 0. The van der Waals surface area contributed by atoms with Gasteiger partial charge in [0, 0.05) is 14.1 Å². The number of hydrogen-bond donors (Lipinski definition) is 1. The average molecular weight is 419 g/mol. The van der Waals surface area contributed by atoms with E-state index in [1.165, 1.54) is 11.8 Å². The van der Waals surface area contributed by atoms with E-state index in [0.29, 0.717) is 24.2 Å². The largest absolute Gasteiger partial charge is 0.451 e. The molecule has 164 valence electrons. The Morgan fingerprint density at radius 1 is 1.17 bits per heavy atom. The fraction of sp³-hybridized carbons (Fsp3) is 0.650. The number of urea groups is 1. The third kappa shape index (κ3) is 3.66. The molecular formula is C20H29N5O5. The number of esters is 1. The van der Waals surface area contributed by atoms with E-state index >= 15 is 0 Å². The zero-order valence-electron chi connectivity index (χ0n) is 18.2. The lowest BCUT2D eigenvalue weighted by Crippen LogP contribution is -2.49. The van der Waals surface area contributed by atoms with Crippen LogP contribution in [0.25, 0.3) is 0 Å². The van der Waals surface area contributed by atoms with Crippen LogP contribution in [0, 0.1) is 13.8 Å². The van der Waals surface area contributed by atoms with Gasteiger partial charge in [0.2, 0.25) is 0 Å². The highest BCUT2D eigenvalue weighted by Crippen LogP contribution is 2.39. The number of carbonyl (C=O) groups excluding carboxylic acids is 4. The highest BCUT2D eigenvalue weighted by atomic mass is 16.5. The Labute approximate surface area is 175 Å². The molecule has 10 nitrogen and oxygen atoms in total. The number of ether oxygens (including phenoxy) is 1. The molecule has 1 aliphatic heterocycles. The normalized spacial score (nSPS) is 19.4. The van der Waals surface area contributed by atoms with E-state index in [1.54, 1.807) is 25.7 Å². The maximum absolute atomic E-state index is 12.9. The molecule has 4 amide bonds. The van der Waals surface area contributed by atoms with Crippen molar-refractivity contribution in [3.63, 3.8) is 0 Å². The second-order valence-electron chi connectivity index (χ2n) is 8.12. The van der Waals surface area contributed by atoms with Crippen LogP contribution in [-0.2, 0) is 26.2 Å². The molecule has 1 spiro atoms. The molecule has 1 saturated carbocycles. The predicted molar refractivity (Wildman–Crippen MR) is 108 cm³/mol. The summed E-state index contributed by atoms with van der Waals surface area (Å²) in [5.74, 6) is -1.67. The molecule has 1 aromatic rings. The van der Waals surface area contributed by atoms with Crippen molar-refractivity contribution in [2.45, 2.75) is 64.5 Å². The Balaban J connectivity index is 1.61. The third-order valence-corrected chi connectivity index (χ3v) is 6.21. The molecule has 0 aromatic carbocycles. The summed E-state index contributed by atoms with van der Waals surface area (Å²) in [6, 6.07) is -0.502. The van der Waals surface area contributed by atoms with Crippen LogP contribution in [0.2, 0.25) is 0 Å². The van der Waals surface area contributed by atoms with Gasteiger partial charge in [-0.1, -0.05) is 19.3 Å². The fourth-order valence-electron chi connectivity index (χ4n) is 4.27. The maximum atomic E-state index is 12.9. The molecule has 1 saturated heterocycles. The molecule has 1 unspecified atom stereocenters. The number of nitrogens with one attached hydrogen (secondary N) is 1. The van der Waals surface area contributed by atoms with Gasteiger partial charge in [0.15, 0.2) is 6.10 Å². The lowest BCUT2D eigenvalue weighted by atomic mass is 9.81. The van der Waals surface area contributed by atoms with E-state index in [1.807, 2.05) is 6.92 Å². The van der Waals surface area contributed by atoms with Crippen LogP contribution in [0.1, 0.15) is 50.4 Å². The maximum Gasteiger partial charge on any atom is 0.327 e. The molecular weight excluding hydrogens is 390 g/mol. The summed E-state index contributed by atoms with van der Waals surface area (Å²) in [5, 5.41) is 6.94. The first kappa shape index (κ1) is 21.8. The minimum Gasteiger partial charge on any atom is -0.451 e. The van der Waals surface area contributed by atoms with Gasteiger partial charge in [-0.2, -0.15) is 5.10 Å². The summed E-state index contributed by atoms with van der Waals surface area (Å²) in [5.41, 5.74) is 1.13. The summed E-state index contributed by atoms with van der Waals surface area (Å²) in [7, 11) is 3.37. The van der Waals surface area contributed by atoms with Crippen molar-refractivity contribution in [2.75, 3.05) is 18.9 Å². The van der Waals surface area contributed by atoms with E-state index in [2.05, 4.69) is 10.4 Å².